The van der Waals surface area contributed by atoms with E-state index < -0.39 is 5.60 Å². The molecule has 1 N–H and O–H groups in total. The fourth-order valence-corrected chi connectivity index (χ4v) is 14.0. The molecule has 8 heteroatoms. The van der Waals surface area contributed by atoms with Crippen molar-refractivity contribution in [1.82, 2.24) is 9.80 Å². The lowest BCUT2D eigenvalue weighted by molar-refractivity contribution is -0.250. The molecule has 3 heterocycles. The molecule has 47 heavy (non-hydrogen) atoms. The van der Waals surface area contributed by atoms with E-state index in [-0.39, 0.29) is 36.7 Å². The molecule has 5 saturated carbocycles. The number of morpholine rings is 1. The summed E-state index contributed by atoms with van der Waals surface area (Å²) in [6.45, 7) is 18.9. The molecule has 268 valence electrons. The molecule has 12 atom stereocenters. The van der Waals surface area contributed by atoms with Gasteiger partial charge in [0.25, 0.3) is 0 Å². The minimum atomic E-state index is -0.904. The third-order valence-electron chi connectivity index (χ3n) is 16.2. The number of aliphatic hydroxyl groups is 1. The highest BCUT2D eigenvalue weighted by molar-refractivity contribution is 5.29. The van der Waals surface area contributed by atoms with Crippen LogP contribution in [0.2, 0.25) is 0 Å². The molecular weight excluding hydrogens is 595 g/mol. The van der Waals surface area contributed by atoms with Crippen molar-refractivity contribution in [1.29, 1.82) is 0 Å². The molecule has 2 spiro atoms. The number of rotatable bonds is 9. The van der Waals surface area contributed by atoms with Crippen LogP contribution in [0.5, 0.6) is 0 Å². The molecule has 7 nitrogen and oxygen atoms in total. The first-order valence-electron chi connectivity index (χ1n) is 19.6. The predicted octanol–water partition coefficient (Wildman–Crippen LogP) is 6.07. The lowest BCUT2D eigenvalue weighted by Gasteiger charge is -2.60. The normalized spacial score (nSPS) is 48.8. The maximum absolute atomic E-state index is 12.8. The lowest BCUT2D eigenvalue weighted by atomic mass is 9.46. The summed E-state index contributed by atoms with van der Waals surface area (Å²) in [6.07, 6.45) is 12.9. The highest BCUT2D eigenvalue weighted by Crippen LogP contribution is 2.87. The summed E-state index contributed by atoms with van der Waals surface area (Å²) in [7, 11) is 0. The van der Waals surface area contributed by atoms with Gasteiger partial charge in [-0.3, -0.25) is 9.80 Å². The highest BCUT2D eigenvalue weighted by Gasteiger charge is 2.80. The first kappa shape index (κ1) is 33.8. The lowest BCUT2D eigenvalue weighted by Crippen LogP contribution is -2.63. The fraction of sp³-hybridized carbons (Fsp3) is 1.00. The second-order valence-corrected chi connectivity index (χ2v) is 18.9. The molecule has 3 aliphatic heterocycles. The first-order chi connectivity index (χ1) is 22.4. The van der Waals surface area contributed by atoms with Gasteiger partial charge in [0.2, 0.25) is 0 Å². The van der Waals surface area contributed by atoms with Gasteiger partial charge in [-0.2, -0.15) is 0 Å². The van der Waals surface area contributed by atoms with Gasteiger partial charge in [-0.25, -0.2) is 4.39 Å². The van der Waals surface area contributed by atoms with Crippen molar-refractivity contribution < 1.29 is 28.4 Å². The van der Waals surface area contributed by atoms with E-state index in [0.29, 0.717) is 47.5 Å². The third kappa shape index (κ3) is 5.17. The van der Waals surface area contributed by atoms with Gasteiger partial charge < -0.3 is 24.1 Å². The second kappa shape index (κ2) is 11.8. The molecule has 0 aromatic carbocycles. The monoisotopic (exact) mass is 660 g/mol. The Hall–Kier alpha value is -0.350. The SMILES string of the molecule is CCOC(C1CCC2C(CC3C4CCC5C(C)(C)C(OC6CN(C7CN(CCF)C7)CCO6)CCC56CC46CCC23C)O1)C(C)(C)O. The van der Waals surface area contributed by atoms with Crippen molar-refractivity contribution in [2.45, 2.75) is 148 Å². The molecule has 0 aromatic rings. The molecule has 0 radical (unpaired) electrons. The van der Waals surface area contributed by atoms with Crippen LogP contribution < -0.4 is 0 Å². The molecule has 0 bridgehead atoms. The van der Waals surface area contributed by atoms with E-state index in [9.17, 15) is 9.50 Å². The Morgan fingerprint density at radius 3 is 2.49 bits per heavy atom. The summed E-state index contributed by atoms with van der Waals surface area (Å²) in [4.78, 5) is 4.75. The van der Waals surface area contributed by atoms with Crippen LogP contribution in [-0.4, -0.2) is 110 Å². The van der Waals surface area contributed by atoms with Crippen molar-refractivity contribution in [3.8, 4) is 0 Å². The van der Waals surface area contributed by atoms with Gasteiger partial charge in [0, 0.05) is 45.4 Å². The third-order valence-corrected chi connectivity index (χ3v) is 16.2. The van der Waals surface area contributed by atoms with E-state index in [1.807, 2.05) is 20.8 Å². The Balaban J connectivity index is 0.933. The van der Waals surface area contributed by atoms with Crippen LogP contribution >= 0.6 is 0 Å². The average molecular weight is 661 g/mol. The summed E-state index contributed by atoms with van der Waals surface area (Å²) in [5, 5.41) is 11.0. The Bertz CT molecular complexity index is 1160. The summed E-state index contributed by atoms with van der Waals surface area (Å²) in [5.74, 6) is 2.94. The zero-order valence-electron chi connectivity index (χ0n) is 30.4. The van der Waals surface area contributed by atoms with Crippen molar-refractivity contribution in [3.05, 3.63) is 0 Å². The van der Waals surface area contributed by atoms with Gasteiger partial charge in [-0.1, -0.05) is 20.8 Å². The quantitative estimate of drug-likeness (QED) is 0.323. The smallest absolute Gasteiger partial charge is 0.170 e. The van der Waals surface area contributed by atoms with E-state index in [1.165, 1.54) is 51.4 Å². The minimum Gasteiger partial charge on any atom is -0.388 e. The maximum Gasteiger partial charge on any atom is 0.170 e. The average Bonchev–Trinajstić information content (AvgIpc) is 3.58. The van der Waals surface area contributed by atoms with Gasteiger partial charge >= 0.3 is 0 Å². The molecule has 0 aromatic heterocycles. The van der Waals surface area contributed by atoms with E-state index in [4.69, 9.17) is 18.9 Å². The van der Waals surface area contributed by atoms with Gasteiger partial charge in [-0.15, -0.1) is 0 Å². The van der Waals surface area contributed by atoms with E-state index in [1.54, 1.807) is 0 Å². The van der Waals surface area contributed by atoms with Crippen LogP contribution in [0.15, 0.2) is 0 Å². The van der Waals surface area contributed by atoms with Crippen LogP contribution in [0.3, 0.4) is 0 Å². The zero-order chi connectivity index (χ0) is 33.0. The number of nitrogens with zero attached hydrogens (tertiary/aromatic N) is 2. The number of hydrogen-bond donors (Lipinski definition) is 1. The molecule has 0 amide bonds. The largest absolute Gasteiger partial charge is 0.388 e. The second-order valence-electron chi connectivity index (χ2n) is 18.9. The van der Waals surface area contributed by atoms with Crippen LogP contribution in [0.4, 0.5) is 4.39 Å². The van der Waals surface area contributed by atoms with Crippen LogP contribution in [0.25, 0.3) is 0 Å². The van der Waals surface area contributed by atoms with E-state index >= 15 is 0 Å². The Morgan fingerprint density at radius 2 is 1.74 bits per heavy atom. The Morgan fingerprint density at radius 1 is 0.957 bits per heavy atom. The number of halogens is 1. The van der Waals surface area contributed by atoms with Crippen molar-refractivity contribution in [2.24, 2.45) is 45.3 Å². The summed E-state index contributed by atoms with van der Waals surface area (Å²) < 4.78 is 39.1. The van der Waals surface area contributed by atoms with Crippen LogP contribution in [-0.2, 0) is 18.9 Å². The van der Waals surface area contributed by atoms with Crippen LogP contribution in [0.1, 0.15) is 106 Å². The van der Waals surface area contributed by atoms with Gasteiger partial charge in [-0.05, 0) is 130 Å². The number of fused-ring (bicyclic) bond motifs is 4. The molecule has 8 fully saturated rings. The van der Waals surface area contributed by atoms with E-state index in [2.05, 4.69) is 30.6 Å². The standard InChI is InChI=1S/C39H65FN2O5/c1-7-44-34(36(4,5)43)29-10-8-27-30(46-29)20-28-26-9-11-31-35(2,3)32(12-13-39(31)24-38(26,39)15-14-37(27,28)6)47-33-23-42(18-19-45-33)25-21-41(22-25)17-16-40/h25-34,43H,7-24H2,1-6H3. The molecule has 8 rings (SSSR count). The van der Waals surface area contributed by atoms with Gasteiger partial charge in [0.1, 0.15) is 12.8 Å². The number of alkyl halides is 1. The summed E-state index contributed by atoms with van der Waals surface area (Å²) in [6, 6.07) is 0.515. The van der Waals surface area contributed by atoms with Crippen molar-refractivity contribution >= 4 is 0 Å². The molecule has 3 saturated heterocycles. The minimum absolute atomic E-state index is 0.0157. The molecular formula is C39H65FN2O5. The van der Waals surface area contributed by atoms with Crippen molar-refractivity contribution in [3.63, 3.8) is 0 Å². The number of ether oxygens (including phenoxy) is 4. The summed E-state index contributed by atoms with van der Waals surface area (Å²) >= 11 is 0. The Labute approximate surface area is 283 Å². The Kier molecular flexibility index (Phi) is 8.51. The van der Waals surface area contributed by atoms with Gasteiger partial charge in [0.15, 0.2) is 6.29 Å². The zero-order valence-corrected chi connectivity index (χ0v) is 30.4. The predicted molar refractivity (Wildman–Crippen MR) is 180 cm³/mol. The summed E-state index contributed by atoms with van der Waals surface area (Å²) in [5.41, 5.74) is 0.618. The maximum atomic E-state index is 12.8. The number of likely N-dealkylation sites (tertiary alicyclic amines) is 1. The molecule has 8 aliphatic rings. The molecule has 5 aliphatic carbocycles. The topological polar surface area (TPSA) is 63.6 Å². The molecule has 12 unspecified atom stereocenters. The van der Waals surface area contributed by atoms with E-state index in [0.717, 1.165) is 63.4 Å². The highest BCUT2D eigenvalue weighted by atomic mass is 19.1. The first-order valence-corrected chi connectivity index (χ1v) is 19.6. The number of hydrogen-bond acceptors (Lipinski definition) is 7. The van der Waals surface area contributed by atoms with Gasteiger partial charge in [0.05, 0.1) is 30.5 Å². The van der Waals surface area contributed by atoms with Crippen LogP contribution in [0, 0.1) is 45.3 Å². The van der Waals surface area contributed by atoms with Crippen molar-refractivity contribution in [2.75, 3.05) is 52.6 Å². The fourth-order valence-electron chi connectivity index (χ4n) is 14.0.